The van der Waals surface area contributed by atoms with E-state index in [1.54, 1.807) is 4.90 Å². The van der Waals surface area contributed by atoms with Crippen molar-refractivity contribution in [2.45, 2.75) is 26.9 Å². The van der Waals surface area contributed by atoms with Gasteiger partial charge in [-0.3, -0.25) is 9.59 Å². The third-order valence-corrected chi connectivity index (χ3v) is 4.94. The fraction of sp³-hybridized carbons (Fsp3) is 0.400. The molecule has 1 aromatic heterocycles. The quantitative estimate of drug-likeness (QED) is 0.855. The minimum Gasteiger partial charge on any atom is -0.468 e. The van der Waals surface area contributed by atoms with Crippen LogP contribution in [0.15, 0.2) is 34.9 Å². The third kappa shape index (κ3) is 2.90. The summed E-state index contributed by atoms with van der Waals surface area (Å²) in [6.07, 6.45) is 2.02. The molecule has 0 bridgehead atoms. The molecule has 1 N–H and O–H groups in total. The number of carbonyl (C=O) groups is 2. The predicted octanol–water partition coefficient (Wildman–Crippen LogP) is 2.77. The molecule has 0 aliphatic carbocycles. The van der Waals surface area contributed by atoms with Crippen molar-refractivity contribution < 1.29 is 18.7 Å². The number of anilines is 1. The molecular weight excluding hydrogens is 332 g/mol. The van der Waals surface area contributed by atoms with Crippen LogP contribution in [0.25, 0.3) is 0 Å². The lowest BCUT2D eigenvalue weighted by molar-refractivity contribution is 0.0923. The summed E-state index contributed by atoms with van der Waals surface area (Å²) in [5.74, 6) is 0.0949. The first-order chi connectivity index (χ1) is 12.5. The molecule has 6 nitrogen and oxygen atoms in total. The molecule has 4 rings (SSSR count). The molecule has 6 heteroatoms. The molecule has 3 heterocycles. The van der Waals surface area contributed by atoms with Gasteiger partial charge in [0, 0.05) is 30.8 Å². The van der Waals surface area contributed by atoms with Crippen molar-refractivity contribution in [1.82, 2.24) is 5.32 Å². The highest BCUT2D eigenvalue weighted by Crippen LogP contribution is 2.32. The van der Waals surface area contributed by atoms with Gasteiger partial charge in [0.15, 0.2) is 0 Å². The maximum atomic E-state index is 13.3. The number of benzene rings is 1. The number of para-hydroxylation sites is 1. The van der Waals surface area contributed by atoms with Crippen LogP contribution in [0.2, 0.25) is 0 Å². The molecule has 0 spiro atoms. The van der Waals surface area contributed by atoms with E-state index >= 15 is 0 Å². The summed E-state index contributed by atoms with van der Waals surface area (Å²) in [4.78, 5) is 27.6. The smallest absolute Gasteiger partial charge is 0.262 e. The lowest BCUT2D eigenvalue weighted by Gasteiger charge is -2.22. The number of nitrogens with zero attached hydrogens (tertiary/aromatic N) is 1. The monoisotopic (exact) mass is 354 g/mol. The second-order valence-electron chi connectivity index (χ2n) is 7.61. The Morgan fingerprint density at radius 3 is 2.92 bits per heavy atom. The van der Waals surface area contributed by atoms with Gasteiger partial charge < -0.3 is 19.4 Å². The van der Waals surface area contributed by atoms with Crippen LogP contribution in [-0.2, 0) is 17.8 Å². The van der Waals surface area contributed by atoms with Gasteiger partial charge in [0.25, 0.3) is 11.8 Å². The van der Waals surface area contributed by atoms with E-state index in [9.17, 15) is 9.59 Å². The Morgan fingerprint density at radius 2 is 2.08 bits per heavy atom. The predicted molar refractivity (Wildman–Crippen MR) is 96.3 cm³/mol. The van der Waals surface area contributed by atoms with Gasteiger partial charge in [0.05, 0.1) is 24.3 Å². The average molecular weight is 354 g/mol. The lowest BCUT2D eigenvalue weighted by atomic mass is 9.88. The fourth-order valence-electron chi connectivity index (χ4n) is 3.55. The molecule has 0 saturated carbocycles. The minimum atomic E-state index is -0.248. The van der Waals surface area contributed by atoms with Gasteiger partial charge >= 0.3 is 0 Å². The van der Waals surface area contributed by atoms with Crippen molar-refractivity contribution in [2.24, 2.45) is 5.41 Å². The van der Waals surface area contributed by atoms with Crippen LogP contribution in [0.3, 0.4) is 0 Å². The molecule has 0 atom stereocenters. The van der Waals surface area contributed by atoms with E-state index in [2.05, 4.69) is 19.2 Å². The summed E-state index contributed by atoms with van der Waals surface area (Å²) in [6, 6.07) is 7.68. The largest absolute Gasteiger partial charge is 0.468 e. The van der Waals surface area contributed by atoms with Crippen LogP contribution in [-0.4, -0.2) is 31.5 Å². The van der Waals surface area contributed by atoms with Crippen LogP contribution in [0.4, 0.5) is 5.69 Å². The molecule has 2 amide bonds. The van der Waals surface area contributed by atoms with E-state index in [0.717, 1.165) is 11.3 Å². The molecule has 136 valence electrons. The number of fused-ring (bicyclic) bond motifs is 2. The zero-order valence-corrected chi connectivity index (χ0v) is 15.0. The number of furan rings is 1. The Morgan fingerprint density at radius 1 is 1.27 bits per heavy atom. The maximum absolute atomic E-state index is 13.3. The Labute approximate surface area is 152 Å². The molecule has 0 fully saturated rings. The van der Waals surface area contributed by atoms with Gasteiger partial charge in [0.1, 0.15) is 12.0 Å². The van der Waals surface area contributed by atoms with Crippen molar-refractivity contribution in [3.05, 3.63) is 53.0 Å². The number of nitrogens with one attached hydrogen (secondary N) is 1. The molecule has 1 aromatic carbocycles. The van der Waals surface area contributed by atoms with Gasteiger partial charge in [0.2, 0.25) is 0 Å². The van der Waals surface area contributed by atoms with Crippen LogP contribution >= 0.6 is 0 Å². The number of amides is 2. The zero-order valence-electron chi connectivity index (χ0n) is 15.0. The number of ether oxygens (including phenoxy) is 1. The highest BCUT2D eigenvalue weighted by atomic mass is 16.5. The van der Waals surface area contributed by atoms with Gasteiger partial charge in [-0.2, -0.15) is 0 Å². The second kappa shape index (κ2) is 6.29. The first-order valence-electron chi connectivity index (χ1n) is 8.82. The van der Waals surface area contributed by atoms with Crippen molar-refractivity contribution in [1.29, 1.82) is 0 Å². The SMILES string of the molecule is CC1(C)CNC(=O)c2c(C(=O)N3CCOCc4ccccc43)coc2C1. The second-order valence-corrected chi connectivity index (χ2v) is 7.61. The summed E-state index contributed by atoms with van der Waals surface area (Å²) in [5, 5.41) is 2.91. The summed E-state index contributed by atoms with van der Waals surface area (Å²) in [6.45, 7) is 6.02. The Hall–Kier alpha value is -2.60. The van der Waals surface area contributed by atoms with E-state index in [4.69, 9.17) is 9.15 Å². The van der Waals surface area contributed by atoms with Gasteiger partial charge in [-0.05, 0) is 11.5 Å². The summed E-state index contributed by atoms with van der Waals surface area (Å²) >= 11 is 0. The number of hydrogen-bond acceptors (Lipinski definition) is 4. The van der Waals surface area contributed by atoms with E-state index < -0.39 is 0 Å². The number of rotatable bonds is 1. The van der Waals surface area contributed by atoms with Crippen molar-refractivity contribution in [3.63, 3.8) is 0 Å². The molecule has 0 saturated heterocycles. The Balaban J connectivity index is 1.75. The normalized spacial score (nSPS) is 19.0. The topological polar surface area (TPSA) is 71.8 Å². The molecular formula is C20H22N2O4. The van der Waals surface area contributed by atoms with Crippen molar-refractivity contribution in [2.75, 3.05) is 24.6 Å². The Bertz CT molecular complexity index is 868. The van der Waals surface area contributed by atoms with Gasteiger partial charge in [-0.15, -0.1) is 0 Å². The highest BCUT2D eigenvalue weighted by Gasteiger charge is 2.35. The number of hydrogen-bond donors (Lipinski definition) is 1. The zero-order chi connectivity index (χ0) is 18.3. The summed E-state index contributed by atoms with van der Waals surface area (Å²) in [5.41, 5.74) is 2.33. The standard InChI is InChI=1S/C20H22N2O4/c1-20(2)9-16-17(18(23)21-12-20)14(11-26-16)19(24)22-7-8-25-10-13-5-3-4-6-15(13)22/h3-6,11H,7-10,12H2,1-2H3,(H,21,23). The maximum Gasteiger partial charge on any atom is 0.262 e. The van der Waals surface area contributed by atoms with E-state index in [1.807, 2.05) is 24.3 Å². The molecule has 2 aliphatic rings. The fourth-order valence-corrected chi connectivity index (χ4v) is 3.55. The van der Waals surface area contributed by atoms with Crippen molar-refractivity contribution >= 4 is 17.5 Å². The molecule has 0 unspecified atom stereocenters. The number of carbonyl (C=O) groups excluding carboxylic acids is 2. The summed E-state index contributed by atoms with van der Waals surface area (Å²) in [7, 11) is 0. The molecule has 2 aromatic rings. The van der Waals surface area contributed by atoms with E-state index in [-0.39, 0.29) is 17.2 Å². The van der Waals surface area contributed by atoms with Crippen LogP contribution in [0, 0.1) is 5.41 Å². The van der Waals surface area contributed by atoms with Crippen LogP contribution in [0.5, 0.6) is 0 Å². The van der Waals surface area contributed by atoms with Gasteiger partial charge in [-0.1, -0.05) is 32.0 Å². The van der Waals surface area contributed by atoms with Crippen LogP contribution in [0.1, 0.15) is 45.9 Å². The Kier molecular flexibility index (Phi) is 4.07. The first-order valence-corrected chi connectivity index (χ1v) is 8.82. The average Bonchev–Trinajstić information content (AvgIpc) is 2.83. The summed E-state index contributed by atoms with van der Waals surface area (Å²) < 4.78 is 11.3. The molecule has 26 heavy (non-hydrogen) atoms. The lowest BCUT2D eigenvalue weighted by Crippen LogP contribution is -2.35. The highest BCUT2D eigenvalue weighted by molar-refractivity contribution is 6.14. The molecule has 0 radical (unpaired) electrons. The van der Waals surface area contributed by atoms with Crippen molar-refractivity contribution in [3.8, 4) is 0 Å². The molecule has 2 aliphatic heterocycles. The van der Waals surface area contributed by atoms with E-state index in [1.165, 1.54) is 6.26 Å². The third-order valence-electron chi connectivity index (χ3n) is 4.94. The van der Waals surface area contributed by atoms with E-state index in [0.29, 0.717) is 49.6 Å². The van der Waals surface area contributed by atoms with Crippen LogP contribution < -0.4 is 10.2 Å². The minimum absolute atomic E-state index is 0.123. The first kappa shape index (κ1) is 16.8. The van der Waals surface area contributed by atoms with Gasteiger partial charge in [-0.25, -0.2) is 0 Å².